The smallest absolute Gasteiger partial charge is 0.280 e. The molecule has 6 nitrogen and oxygen atoms in total. The summed E-state index contributed by atoms with van der Waals surface area (Å²) in [7, 11) is 0. The maximum Gasteiger partial charge on any atom is 0.280 e. The first-order valence-electron chi connectivity index (χ1n) is 8.89. The summed E-state index contributed by atoms with van der Waals surface area (Å²) >= 11 is 0. The Balaban J connectivity index is 1.47. The van der Waals surface area contributed by atoms with Crippen molar-refractivity contribution in [1.82, 2.24) is 5.43 Å². The number of rotatable bonds is 8. The molecule has 0 bridgehead atoms. The molecule has 2 aromatic rings. The van der Waals surface area contributed by atoms with Crippen LogP contribution in [0.3, 0.4) is 0 Å². The molecule has 6 heteroatoms. The lowest BCUT2D eigenvalue weighted by Gasteiger charge is -2.13. The van der Waals surface area contributed by atoms with E-state index in [1.165, 1.54) is 12.6 Å². The first-order valence-corrected chi connectivity index (χ1v) is 8.89. The van der Waals surface area contributed by atoms with E-state index < -0.39 is 6.10 Å². The van der Waals surface area contributed by atoms with Crippen molar-refractivity contribution < 1.29 is 18.7 Å². The van der Waals surface area contributed by atoms with E-state index in [0.29, 0.717) is 30.0 Å². The second-order valence-corrected chi connectivity index (χ2v) is 6.46. The third-order valence-electron chi connectivity index (χ3n) is 4.31. The molecule has 1 aliphatic rings. The van der Waals surface area contributed by atoms with Gasteiger partial charge in [0.05, 0.1) is 12.8 Å². The van der Waals surface area contributed by atoms with Gasteiger partial charge in [0.2, 0.25) is 0 Å². The third-order valence-corrected chi connectivity index (χ3v) is 4.31. The van der Waals surface area contributed by atoms with Crippen LogP contribution in [-0.2, 0) is 4.79 Å². The molecule has 3 atom stereocenters. The van der Waals surface area contributed by atoms with Gasteiger partial charge in [0.25, 0.3) is 5.91 Å². The second-order valence-electron chi connectivity index (χ2n) is 6.46. The Morgan fingerprint density at radius 1 is 1.31 bits per heavy atom. The van der Waals surface area contributed by atoms with Crippen molar-refractivity contribution in [2.24, 2.45) is 11.0 Å². The summed E-state index contributed by atoms with van der Waals surface area (Å²) in [4.78, 5) is 12.1. The molecule has 1 fully saturated rings. The number of benzene rings is 1. The Hall–Kier alpha value is -2.76. The van der Waals surface area contributed by atoms with Crippen molar-refractivity contribution >= 4 is 12.1 Å². The zero-order valence-corrected chi connectivity index (χ0v) is 15.3. The highest BCUT2D eigenvalue weighted by Gasteiger charge is 2.36. The number of hydrogen-bond donors (Lipinski definition) is 1. The maximum atomic E-state index is 12.1. The number of ether oxygens (including phenoxy) is 2. The van der Waals surface area contributed by atoms with Gasteiger partial charge in [-0.3, -0.25) is 4.79 Å². The predicted octanol–water partition coefficient (Wildman–Crippen LogP) is 3.72. The number of furan rings is 1. The molecule has 0 unspecified atom stereocenters. The summed E-state index contributed by atoms with van der Waals surface area (Å²) < 4.78 is 16.7. The minimum atomic E-state index is -0.676. The number of amides is 1. The highest BCUT2D eigenvalue weighted by atomic mass is 16.5. The predicted molar refractivity (Wildman–Crippen MR) is 98.7 cm³/mol. The van der Waals surface area contributed by atoms with Gasteiger partial charge in [0, 0.05) is 5.92 Å². The zero-order valence-electron chi connectivity index (χ0n) is 15.3. The number of hydrazone groups is 1. The lowest BCUT2D eigenvalue weighted by Crippen LogP contribution is -2.33. The largest absolute Gasteiger partial charge is 0.494 e. The third kappa shape index (κ3) is 4.65. The van der Waals surface area contributed by atoms with E-state index in [-0.39, 0.29) is 5.91 Å². The van der Waals surface area contributed by atoms with Crippen LogP contribution < -0.4 is 14.9 Å². The van der Waals surface area contributed by atoms with Crippen molar-refractivity contribution in [3.63, 3.8) is 0 Å². The molecule has 1 amide bonds. The van der Waals surface area contributed by atoms with Crippen LogP contribution >= 0.6 is 0 Å². The van der Waals surface area contributed by atoms with E-state index in [4.69, 9.17) is 13.9 Å². The highest BCUT2D eigenvalue weighted by molar-refractivity contribution is 5.83. The summed E-state index contributed by atoms with van der Waals surface area (Å²) in [6.45, 7) is 6.40. The van der Waals surface area contributed by atoms with Crippen molar-refractivity contribution in [1.29, 1.82) is 0 Å². The van der Waals surface area contributed by atoms with Gasteiger partial charge in [0.15, 0.2) is 6.10 Å². The summed E-state index contributed by atoms with van der Waals surface area (Å²) in [6.07, 6.45) is 1.99. The molecule has 1 aliphatic carbocycles. The van der Waals surface area contributed by atoms with Crippen LogP contribution in [0.4, 0.5) is 0 Å². The van der Waals surface area contributed by atoms with Crippen molar-refractivity contribution in [2.45, 2.75) is 39.2 Å². The standard InChI is InChI=1S/C20H24N2O4/c1-4-24-15-5-7-16(8-6-15)25-14(3)20(23)22-21-12-17-9-10-19(26-17)18-11-13(18)2/h5-10,12-14,18H,4,11H2,1-3H3,(H,22,23)/b21-12-/t13-,14-,18+/m0/s1. The fourth-order valence-electron chi connectivity index (χ4n) is 2.64. The van der Waals surface area contributed by atoms with E-state index in [1.807, 2.05) is 19.1 Å². The first kappa shape index (κ1) is 18.0. The summed E-state index contributed by atoms with van der Waals surface area (Å²) in [6, 6.07) is 11.0. The second kappa shape index (κ2) is 8.08. The number of carbonyl (C=O) groups is 1. The van der Waals surface area contributed by atoms with Crippen LogP contribution in [0, 0.1) is 5.92 Å². The fourth-order valence-corrected chi connectivity index (χ4v) is 2.64. The van der Waals surface area contributed by atoms with Gasteiger partial charge in [-0.2, -0.15) is 5.10 Å². The SMILES string of the molecule is CCOc1ccc(O[C@@H](C)C(=O)N/N=C\c2ccc([C@@H]3C[C@@H]3C)o2)cc1. The normalized spacial score (nSPS) is 20.0. The van der Waals surface area contributed by atoms with E-state index in [2.05, 4.69) is 17.5 Å². The van der Waals surface area contributed by atoms with Crippen molar-refractivity contribution in [3.05, 3.63) is 47.9 Å². The van der Waals surface area contributed by atoms with Gasteiger partial charge in [0.1, 0.15) is 23.0 Å². The minimum absolute atomic E-state index is 0.335. The quantitative estimate of drug-likeness (QED) is 0.578. The summed E-state index contributed by atoms with van der Waals surface area (Å²) in [5.41, 5.74) is 2.47. The molecule has 0 radical (unpaired) electrons. The Morgan fingerprint density at radius 2 is 2.00 bits per heavy atom. The first-order chi connectivity index (χ1) is 12.6. The maximum absolute atomic E-state index is 12.1. The molecule has 0 saturated heterocycles. The zero-order chi connectivity index (χ0) is 18.5. The molecule has 1 N–H and O–H groups in total. The number of hydrogen-bond acceptors (Lipinski definition) is 5. The van der Waals surface area contributed by atoms with Gasteiger partial charge in [-0.25, -0.2) is 5.43 Å². The molecule has 3 rings (SSSR count). The highest BCUT2D eigenvalue weighted by Crippen LogP contribution is 2.47. The lowest BCUT2D eigenvalue weighted by atomic mass is 10.3. The summed E-state index contributed by atoms with van der Waals surface area (Å²) in [5.74, 6) is 3.84. The van der Waals surface area contributed by atoms with Gasteiger partial charge in [-0.05, 0) is 62.6 Å². The van der Waals surface area contributed by atoms with Crippen molar-refractivity contribution in [3.8, 4) is 11.5 Å². The lowest BCUT2D eigenvalue weighted by molar-refractivity contribution is -0.127. The molecular formula is C20H24N2O4. The number of nitrogens with zero attached hydrogens (tertiary/aromatic N) is 1. The number of carbonyl (C=O) groups excluding carboxylic acids is 1. The molecule has 1 heterocycles. The molecule has 1 aromatic carbocycles. The molecule has 1 aromatic heterocycles. The van der Waals surface area contributed by atoms with Gasteiger partial charge < -0.3 is 13.9 Å². The molecule has 0 spiro atoms. The topological polar surface area (TPSA) is 73.1 Å². The van der Waals surface area contributed by atoms with Gasteiger partial charge >= 0.3 is 0 Å². The Bertz CT molecular complexity index is 766. The average Bonchev–Trinajstić information content (AvgIpc) is 3.17. The van der Waals surface area contributed by atoms with E-state index in [1.54, 1.807) is 31.2 Å². The van der Waals surface area contributed by atoms with Crippen LogP contribution in [-0.4, -0.2) is 24.8 Å². The van der Waals surface area contributed by atoms with Gasteiger partial charge in [-0.1, -0.05) is 6.92 Å². The van der Waals surface area contributed by atoms with E-state index >= 15 is 0 Å². The van der Waals surface area contributed by atoms with E-state index in [0.717, 1.165) is 11.5 Å². The fraction of sp³-hybridized carbons (Fsp3) is 0.400. The molecule has 0 aliphatic heterocycles. The molecule has 1 saturated carbocycles. The van der Waals surface area contributed by atoms with Crippen LogP contribution in [0.5, 0.6) is 11.5 Å². The monoisotopic (exact) mass is 356 g/mol. The Labute approximate surface area is 153 Å². The van der Waals surface area contributed by atoms with Crippen LogP contribution in [0.1, 0.15) is 44.6 Å². The van der Waals surface area contributed by atoms with Crippen LogP contribution in [0.15, 0.2) is 45.9 Å². The minimum Gasteiger partial charge on any atom is -0.494 e. The van der Waals surface area contributed by atoms with Gasteiger partial charge in [-0.15, -0.1) is 0 Å². The summed E-state index contributed by atoms with van der Waals surface area (Å²) in [5, 5.41) is 3.94. The van der Waals surface area contributed by atoms with Crippen molar-refractivity contribution in [2.75, 3.05) is 6.61 Å². The van der Waals surface area contributed by atoms with Crippen LogP contribution in [0.25, 0.3) is 0 Å². The molecule has 26 heavy (non-hydrogen) atoms. The number of nitrogens with one attached hydrogen (secondary N) is 1. The Morgan fingerprint density at radius 3 is 2.65 bits per heavy atom. The molecule has 138 valence electrons. The Kier molecular flexibility index (Phi) is 5.61. The van der Waals surface area contributed by atoms with E-state index in [9.17, 15) is 4.79 Å². The average molecular weight is 356 g/mol. The molecular weight excluding hydrogens is 332 g/mol. The van der Waals surface area contributed by atoms with Crippen LogP contribution in [0.2, 0.25) is 0 Å².